The van der Waals surface area contributed by atoms with Crippen molar-refractivity contribution in [2.24, 2.45) is 7.05 Å². The first-order valence-corrected chi connectivity index (χ1v) is 9.04. The Morgan fingerprint density at radius 2 is 2.24 bits per heavy atom. The molecule has 1 aliphatic heterocycles. The Bertz CT molecular complexity index is 1100. The minimum absolute atomic E-state index is 0.316. The van der Waals surface area contributed by atoms with Crippen LogP contribution in [0.2, 0.25) is 0 Å². The van der Waals surface area contributed by atoms with E-state index >= 15 is 0 Å². The first-order chi connectivity index (χ1) is 14.0. The monoisotopic (exact) mass is 390 g/mol. The zero-order chi connectivity index (χ0) is 20.4. The van der Waals surface area contributed by atoms with Gasteiger partial charge in [-0.1, -0.05) is 0 Å². The highest BCUT2D eigenvalue weighted by Crippen LogP contribution is 2.29. The van der Waals surface area contributed by atoms with E-state index in [1.54, 1.807) is 46.5 Å². The highest BCUT2D eigenvalue weighted by Gasteiger charge is 2.32. The van der Waals surface area contributed by atoms with Crippen LogP contribution in [0.25, 0.3) is 11.3 Å². The number of rotatable bonds is 5. The average molecular weight is 390 g/mol. The first kappa shape index (κ1) is 18.4. The van der Waals surface area contributed by atoms with Gasteiger partial charge in [0.25, 0.3) is 0 Å². The Hall–Kier alpha value is -4.00. The molecule has 1 aliphatic rings. The number of nitriles is 1. The number of aryl methyl sites for hydroxylation is 1. The molecule has 1 saturated heterocycles. The summed E-state index contributed by atoms with van der Waals surface area (Å²) in [5.74, 6) is -0.119. The van der Waals surface area contributed by atoms with E-state index in [1.807, 2.05) is 7.05 Å². The van der Waals surface area contributed by atoms with Crippen LogP contribution < -0.4 is 10.2 Å². The van der Waals surface area contributed by atoms with E-state index in [4.69, 9.17) is 0 Å². The molecule has 1 atom stereocenters. The lowest BCUT2D eigenvalue weighted by molar-refractivity contribution is -0.138. The number of hydrogen-bond donors (Lipinski definition) is 2. The first-order valence-electron chi connectivity index (χ1n) is 9.04. The number of nitrogens with one attached hydrogen (secondary N) is 1. The molecule has 0 radical (unpaired) electrons. The minimum atomic E-state index is -0.904. The second-order valence-electron chi connectivity index (χ2n) is 6.69. The lowest BCUT2D eigenvalue weighted by Gasteiger charge is -2.23. The SMILES string of the molecule is Cn1cc(Nc2nccc(-c3cnc(N4CCC[C@@H]4C(=O)O)c(C#N)c3)n2)cn1. The molecule has 0 aliphatic carbocycles. The van der Waals surface area contributed by atoms with E-state index in [2.05, 4.69) is 31.4 Å². The van der Waals surface area contributed by atoms with Gasteiger partial charge >= 0.3 is 5.97 Å². The molecule has 0 saturated carbocycles. The molecule has 146 valence electrons. The van der Waals surface area contributed by atoms with Gasteiger partial charge in [0, 0.05) is 37.7 Å². The van der Waals surface area contributed by atoms with Gasteiger partial charge in [-0.25, -0.2) is 19.7 Å². The predicted octanol–water partition coefficient (Wildman–Crippen LogP) is 1.94. The molecule has 3 aromatic heterocycles. The molecule has 10 nitrogen and oxygen atoms in total. The number of carboxylic acids is 1. The average Bonchev–Trinajstić information content (AvgIpc) is 3.37. The van der Waals surface area contributed by atoms with E-state index in [1.165, 1.54) is 0 Å². The number of aromatic nitrogens is 5. The normalized spacial score (nSPS) is 15.9. The molecule has 29 heavy (non-hydrogen) atoms. The number of nitrogens with zero attached hydrogens (tertiary/aromatic N) is 7. The van der Waals surface area contributed by atoms with Crippen LogP contribution in [-0.4, -0.2) is 48.4 Å². The highest BCUT2D eigenvalue weighted by molar-refractivity contribution is 5.79. The van der Waals surface area contributed by atoms with Gasteiger partial charge in [0.2, 0.25) is 5.95 Å². The molecule has 0 spiro atoms. The molecule has 4 rings (SSSR count). The second kappa shape index (κ2) is 7.55. The van der Waals surface area contributed by atoms with Crippen molar-refractivity contribution in [3.8, 4) is 17.3 Å². The molecule has 0 unspecified atom stereocenters. The zero-order valence-corrected chi connectivity index (χ0v) is 15.6. The van der Waals surface area contributed by atoms with Gasteiger partial charge in [0.15, 0.2) is 0 Å². The van der Waals surface area contributed by atoms with Crippen LogP contribution in [0.4, 0.5) is 17.5 Å². The zero-order valence-electron chi connectivity index (χ0n) is 15.6. The van der Waals surface area contributed by atoms with Crippen molar-refractivity contribution in [3.05, 3.63) is 42.5 Å². The molecule has 0 bridgehead atoms. The van der Waals surface area contributed by atoms with Crippen LogP contribution >= 0.6 is 0 Å². The largest absolute Gasteiger partial charge is 0.480 e. The summed E-state index contributed by atoms with van der Waals surface area (Å²) >= 11 is 0. The summed E-state index contributed by atoms with van der Waals surface area (Å²) < 4.78 is 1.66. The Morgan fingerprint density at radius 3 is 2.97 bits per heavy atom. The van der Waals surface area contributed by atoms with Crippen molar-refractivity contribution < 1.29 is 9.90 Å². The molecule has 0 aromatic carbocycles. The van der Waals surface area contributed by atoms with Gasteiger partial charge in [-0.15, -0.1) is 0 Å². The third-order valence-electron chi connectivity index (χ3n) is 4.71. The molecule has 2 N–H and O–H groups in total. The number of anilines is 3. The van der Waals surface area contributed by atoms with E-state index in [0.717, 1.165) is 12.1 Å². The van der Waals surface area contributed by atoms with Crippen LogP contribution in [0.5, 0.6) is 0 Å². The van der Waals surface area contributed by atoms with Gasteiger partial charge in [0.1, 0.15) is 17.9 Å². The van der Waals surface area contributed by atoms with Crippen LogP contribution in [0.3, 0.4) is 0 Å². The van der Waals surface area contributed by atoms with Crippen molar-refractivity contribution in [2.45, 2.75) is 18.9 Å². The van der Waals surface area contributed by atoms with Gasteiger partial charge in [0.05, 0.1) is 23.1 Å². The van der Waals surface area contributed by atoms with Gasteiger partial charge in [-0.05, 0) is 25.0 Å². The summed E-state index contributed by atoms with van der Waals surface area (Å²) in [6, 6.07) is 4.88. The summed E-state index contributed by atoms with van der Waals surface area (Å²) in [5.41, 5.74) is 2.31. The van der Waals surface area contributed by atoms with Crippen molar-refractivity contribution in [2.75, 3.05) is 16.8 Å². The number of carboxylic acid groups (broad SMARTS) is 1. The van der Waals surface area contributed by atoms with Gasteiger partial charge in [-0.3, -0.25) is 4.68 Å². The Morgan fingerprint density at radius 1 is 1.38 bits per heavy atom. The van der Waals surface area contributed by atoms with Crippen molar-refractivity contribution in [1.82, 2.24) is 24.7 Å². The topological polar surface area (TPSA) is 133 Å². The second-order valence-corrected chi connectivity index (χ2v) is 6.69. The molecule has 0 amide bonds. The van der Waals surface area contributed by atoms with E-state index in [-0.39, 0.29) is 0 Å². The highest BCUT2D eigenvalue weighted by atomic mass is 16.4. The minimum Gasteiger partial charge on any atom is -0.480 e. The molecule has 10 heteroatoms. The fourth-order valence-corrected chi connectivity index (χ4v) is 3.38. The fourth-order valence-electron chi connectivity index (χ4n) is 3.38. The van der Waals surface area contributed by atoms with Crippen molar-refractivity contribution in [1.29, 1.82) is 5.26 Å². The molecule has 4 heterocycles. The van der Waals surface area contributed by atoms with Crippen LogP contribution in [-0.2, 0) is 11.8 Å². The van der Waals surface area contributed by atoms with Crippen LogP contribution in [0, 0.1) is 11.3 Å². The number of pyridine rings is 1. The third-order valence-corrected chi connectivity index (χ3v) is 4.71. The Balaban J connectivity index is 1.63. The van der Waals surface area contributed by atoms with E-state index in [9.17, 15) is 15.2 Å². The maximum Gasteiger partial charge on any atom is 0.326 e. The molecule has 1 fully saturated rings. The maximum atomic E-state index is 11.5. The van der Waals surface area contributed by atoms with Gasteiger partial charge < -0.3 is 15.3 Å². The van der Waals surface area contributed by atoms with Crippen LogP contribution in [0.15, 0.2) is 36.9 Å². The summed E-state index contributed by atoms with van der Waals surface area (Å²) in [4.78, 5) is 26.2. The van der Waals surface area contributed by atoms with E-state index < -0.39 is 12.0 Å². The lowest BCUT2D eigenvalue weighted by atomic mass is 10.1. The molecular formula is C19H18N8O2. The summed E-state index contributed by atoms with van der Waals surface area (Å²) in [7, 11) is 1.81. The summed E-state index contributed by atoms with van der Waals surface area (Å²) in [6.45, 7) is 0.560. The van der Waals surface area contributed by atoms with Crippen molar-refractivity contribution in [3.63, 3.8) is 0 Å². The summed E-state index contributed by atoms with van der Waals surface area (Å²) in [6.07, 6.45) is 7.97. The van der Waals surface area contributed by atoms with Gasteiger partial charge in [-0.2, -0.15) is 10.4 Å². The van der Waals surface area contributed by atoms with Crippen molar-refractivity contribution >= 4 is 23.4 Å². The fraction of sp³-hybridized carbons (Fsp3) is 0.263. The quantitative estimate of drug-likeness (QED) is 0.670. The predicted molar refractivity (Wildman–Crippen MR) is 104 cm³/mol. The summed E-state index contributed by atoms with van der Waals surface area (Å²) in [5, 5.41) is 26.2. The third kappa shape index (κ3) is 3.70. The number of hydrogen-bond acceptors (Lipinski definition) is 8. The Kier molecular flexibility index (Phi) is 4.78. The maximum absolute atomic E-state index is 11.5. The van der Waals surface area contributed by atoms with E-state index in [0.29, 0.717) is 41.6 Å². The number of carbonyl (C=O) groups is 1. The lowest BCUT2D eigenvalue weighted by Crippen LogP contribution is -2.36. The molecular weight excluding hydrogens is 372 g/mol. The Labute approximate surface area is 166 Å². The smallest absolute Gasteiger partial charge is 0.326 e. The standard InChI is InChI=1S/C19H18N8O2/c1-26-11-14(10-23-26)24-19-21-5-4-15(25-19)13-7-12(8-20)17(22-9-13)27-6-2-3-16(27)18(28)29/h4-5,7,9-11,16H,2-3,6H2,1H3,(H,28,29)(H,21,24,25)/t16-/m1/s1. The van der Waals surface area contributed by atoms with Crippen LogP contribution in [0.1, 0.15) is 18.4 Å². The molecule has 3 aromatic rings. The number of aliphatic carboxylic acids is 1.